The van der Waals surface area contributed by atoms with Gasteiger partial charge in [0.1, 0.15) is 0 Å². The number of fused-ring (bicyclic) bond motifs is 3. The van der Waals surface area contributed by atoms with Gasteiger partial charge in [-0.2, -0.15) is 5.10 Å². The SMILES string of the molecule is O=c1ccc2c(ccc3cn[nH]c32)[nH]1. The molecule has 2 aromatic heterocycles. The number of rotatable bonds is 0. The monoisotopic (exact) mass is 185 g/mol. The highest BCUT2D eigenvalue weighted by molar-refractivity contribution is 6.03. The zero-order valence-electron chi connectivity index (χ0n) is 7.24. The number of H-pyrrole nitrogens is 2. The first-order chi connectivity index (χ1) is 6.84. The number of benzene rings is 1. The Hall–Kier alpha value is -2.10. The van der Waals surface area contributed by atoms with E-state index in [9.17, 15) is 4.79 Å². The van der Waals surface area contributed by atoms with Gasteiger partial charge in [0.2, 0.25) is 5.56 Å². The van der Waals surface area contributed by atoms with Gasteiger partial charge in [-0.25, -0.2) is 0 Å². The van der Waals surface area contributed by atoms with Gasteiger partial charge in [-0.1, -0.05) is 0 Å². The molecule has 2 N–H and O–H groups in total. The molecule has 0 aliphatic rings. The molecule has 0 bridgehead atoms. The Morgan fingerprint density at radius 2 is 2.07 bits per heavy atom. The Bertz CT molecular complexity index is 665. The van der Waals surface area contributed by atoms with E-state index < -0.39 is 0 Å². The summed E-state index contributed by atoms with van der Waals surface area (Å²) in [5, 5.41) is 8.90. The molecule has 68 valence electrons. The number of nitrogens with zero attached hydrogens (tertiary/aromatic N) is 1. The van der Waals surface area contributed by atoms with Crippen molar-refractivity contribution in [2.45, 2.75) is 0 Å². The highest BCUT2D eigenvalue weighted by Crippen LogP contribution is 2.19. The summed E-state index contributed by atoms with van der Waals surface area (Å²) >= 11 is 0. The summed E-state index contributed by atoms with van der Waals surface area (Å²) in [4.78, 5) is 13.8. The smallest absolute Gasteiger partial charge is 0.248 e. The van der Waals surface area contributed by atoms with Crippen LogP contribution in [0.2, 0.25) is 0 Å². The molecule has 3 rings (SSSR count). The summed E-state index contributed by atoms with van der Waals surface area (Å²) < 4.78 is 0. The van der Waals surface area contributed by atoms with E-state index in [0.29, 0.717) is 0 Å². The summed E-state index contributed by atoms with van der Waals surface area (Å²) in [6, 6.07) is 7.13. The predicted octanol–water partition coefficient (Wildman–Crippen LogP) is 1.40. The van der Waals surface area contributed by atoms with Crippen LogP contribution in [0, 0.1) is 0 Å². The van der Waals surface area contributed by atoms with E-state index in [1.165, 1.54) is 6.07 Å². The third kappa shape index (κ3) is 0.877. The molecule has 0 spiro atoms. The molecule has 0 saturated carbocycles. The topological polar surface area (TPSA) is 61.5 Å². The van der Waals surface area contributed by atoms with Crippen LogP contribution in [0.3, 0.4) is 0 Å². The minimum absolute atomic E-state index is 0.0867. The fourth-order valence-electron chi connectivity index (χ4n) is 1.65. The highest BCUT2D eigenvalue weighted by Gasteiger charge is 2.01. The van der Waals surface area contributed by atoms with Crippen LogP contribution in [0.25, 0.3) is 21.8 Å². The average Bonchev–Trinajstić information content (AvgIpc) is 2.65. The number of pyridine rings is 1. The lowest BCUT2D eigenvalue weighted by Gasteiger charge is -1.97. The molecule has 0 saturated heterocycles. The molecule has 2 heterocycles. The third-order valence-corrected chi connectivity index (χ3v) is 2.32. The largest absolute Gasteiger partial charge is 0.322 e. The van der Waals surface area contributed by atoms with Gasteiger partial charge in [-0.3, -0.25) is 9.89 Å². The van der Waals surface area contributed by atoms with Gasteiger partial charge in [0.15, 0.2) is 0 Å². The van der Waals surface area contributed by atoms with Crippen molar-refractivity contribution in [1.82, 2.24) is 15.2 Å². The van der Waals surface area contributed by atoms with E-state index >= 15 is 0 Å². The molecule has 0 amide bonds. The molecule has 0 aliphatic heterocycles. The van der Waals surface area contributed by atoms with Gasteiger partial charge in [0.25, 0.3) is 0 Å². The van der Waals surface area contributed by atoms with Crippen LogP contribution in [0.15, 0.2) is 35.3 Å². The maximum absolute atomic E-state index is 11.1. The molecule has 0 atom stereocenters. The van der Waals surface area contributed by atoms with Crippen molar-refractivity contribution >= 4 is 21.8 Å². The molecule has 4 heteroatoms. The summed E-state index contributed by atoms with van der Waals surface area (Å²) in [6.45, 7) is 0. The first kappa shape index (κ1) is 7.32. The second-order valence-corrected chi connectivity index (χ2v) is 3.18. The van der Waals surface area contributed by atoms with Gasteiger partial charge in [0.05, 0.1) is 17.2 Å². The minimum atomic E-state index is -0.0867. The molecule has 14 heavy (non-hydrogen) atoms. The molecule has 0 aliphatic carbocycles. The van der Waals surface area contributed by atoms with Crippen LogP contribution in [0.1, 0.15) is 0 Å². The highest BCUT2D eigenvalue weighted by atomic mass is 16.1. The standard InChI is InChI=1S/C10H7N3O/c14-9-4-2-7-8(12-9)3-1-6-5-11-13-10(6)7/h1-5H,(H,11,13)(H,12,14). The average molecular weight is 185 g/mol. The summed E-state index contributed by atoms with van der Waals surface area (Å²) in [5.41, 5.74) is 1.70. The van der Waals surface area contributed by atoms with E-state index in [4.69, 9.17) is 0 Å². The molecular weight excluding hydrogens is 178 g/mol. The second kappa shape index (κ2) is 2.45. The Labute approximate surface area is 78.6 Å². The van der Waals surface area contributed by atoms with Gasteiger partial charge in [-0.05, 0) is 18.2 Å². The fraction of sp³-hybridized carbons (Fsp3) is 0. The van der Waals surface area contributed by atoms with Gasteiger partial charge < -0.3 is 4.98 Å². The Morgan fingerprint density at radius 1 is 1.14 bits per heavy atom. The predicted molar refractivity (Wildman–Crippen MR) is 54.2 cm³/mol. The summed E-state index contributed by atoms with van der Waals surface area (Å²) in [6.07, 6.45) is 1.76. The normalized spacial score (nSPS) is 11.1. The second-order valence-electron chi connectivity index (χ2n) is 3.18. The third-order valence-electron chi connectivity index (χ3n) is 2.32. The van der Waals surface area contributed by atoms with Crippen molar-refractivity contribution in [3.8, 4) is 0 Å². The van der Waals surface area contributed by atoms with Crippen molar-refractivity contribution in [2.24, 2.45) is 0 Å². The van der Waals surface area contributed by atoms with E-state index in [1.807, 2.05) is 12.1 Å². The van der Waals surface area contributed by atoms with Crippen LogP contribution in [-0.4, -0.2) is 15.2 Å². The van der Waals surface area contributed by atoms with Gasteiger partial charge in [-0.15, -0.1) is 0 Å². The lowest BCUT2D eigenvalue weighted by molar-refractivity contribution is 1.12. The first-order valence-electron chi connectivity index (χ1n) is 4.30. The minimum Gasteiger partial charge on any atom is -0.322 e. The van der Waals surface area contributed by atoms with Crippen molar-refractivity contribution < 1.29 is 0 Å². The van der Waals surface area contributed by atoms with Crippen molar-refractivity contribution in [3.05, 3.63) is 40.8 Å². The Morgan fingerprint density at radius 3 is 3.00 bits per heavy atom. The van der Waals surface area contributed by atoms with Crippen LogP contribution >= 0.6 is 0 Å². The number of hydrogen-bond acceptors (Lipinski definition) is 2. The zero-order valence-corrected chi connectivity index (χ0v) is 7.24. The molecule has 3 aromatic rings. The van der Waals surface area contributed by atoms with Crippen LogP contribution in [-0.2, 0) is 0 Å². The van der Waals surface area contributed by atoms with Crippen LogP contribution in [0.4, 0.5) is 0 Å². The maximum atomic E-state index is 11.1. The molecule has 0 fully saturated rings. The molecule has 0 radical (unpaired) electrons. The van der Waals surface area contributed by atoms with Crippen molar-refractivity contribution in [2.75, 3.05) is 0 Å². The number of hydrogen-bond donors (Lipinski definition) is 2. The fourth-order valence-corrected chi connectivity index (χ4v) is 1.65. The Balaban J connectivity index is 2.63. The van der Waals surface area contributed by atoms with E-state index in [0.717, 1.165) is 21.8 Å². The molecular formula is C10H7N3O. The molecule has 4 nitrogen and oxygen atoms in total. The lowest BCUT2D eigenvalue weighted by atomic mass is 10.1. The summed E-state index contributed by atoms with van der Waals surface area (Å²) in [5.74, 6) is 0. The quantitative estimate of drug-likeness (QED) is 0.556. The van der Waals surface area contributed by atoms with E-state index in [-0.39, 0.29) is 5.56 Å². The van der Waals surface area contributed by atoms with Crippen molar-refractivity contribution in [1.29, 1.82) is 0 Å². The van der Waals surface area contributed by atoms with E-state index in [2.05, 4.69) is 15.2 Å². The van der Waals surface area contributed by atoms with Crippen molar-refractivity contribution in [3.63, 3.8) is 0 Å². The van der Waals surface area contributed by atoms with E-state index in [1.54, 1.807) is 12.3 Å². The molecule has 0 unspecified atom stereocenters. The Kier molecular flexibility index (Phi) is 1.28. The maximum Gasteiger partial charge on any atom is 0.248 e. The first-order valence-corrected chi connectivity index (χ1v) is 4.30. The van der Waals surface area contributed by atoms with Crippen LogP contribution in [0.5, 0.6) is 0 Å². The zero-order chi connectivity index (χ0) is 9.54. The number of aromatic amines is 2. The number of aromatic nitrogens is 3. The summed E-state index contributed by atoms with van der Waals surface area (Å²) in [7, 11) is 0. The lowest BCUT2D eigenvalue weighted by Crippen LogP contribution is -2.02. The molecule has 1 aromatic carbocycles. The number of nitrogens with one attached hydrogen (secondary N) is 2. The van der Waals surface area contributed by atoms with Gasteiger partial charge >= 0.3 is 0 Å². The van der Waals surface area contributed by atoms with Gasteiger partial charge in [0, 0.05) is 16.8 Å². The van der Waals surface area contributed by atoms with Crippen LogP contribution < -0.4 is 5.56 Å².